The van der Waals surface area contributed by atoms with Crippen LogP contribution in [0, 0.1) is 23.7 Å². The van der Waals surface area contributed by atoms with Gasteiger partial charge in [-0.2, -0.15) is 13.2 Å². The molecule has 4 aromatic rings. The number of hydrogen-bond donors (Lipinski definition) is 12. The van der Waals surface area contributed by atoms with Gasteiger partial charge in [0.15, 0.2) is 11.6 Å². The first kappa shape index (κ1) is 111. The van der Waals surface area contributed by atoms with Gasteiger partial charge >= 0.3 is 53.9 Å². The molecule has 2 aliphatic heterocycles. The van der Waals surface area contributed by atoms with Gasteiger partial charge in [0.1, 0.15) is 35.4 Å². The topological polar surface area (TPSA) is 490 Å². The number of aliphatic carboxylic acids is 2. The number of hydrogen-bond acceptors (Lipinski definition) is 20. The molecule has 710 valence electrons. The lowest BCUT2D eigenvalue weighted by Gasteiger charge is -2.32. The van der Waals surface area contributed by atoms with E-state index < -0.39 is 149 Å². The van der Waals surface area contributed by atoms with E-state index in [0.29, 0.717) is 90.5 Å². The van der Waals surface area contributed by atoms with Crippen LogP contribution in [0.3, 0.4) is 0 Å². The largest absolute Gasteiger partial charge is 0.490 e. The third-order valence-electron chi connectivity index (χ3n) is 20.2. The highest BCUT2D eigenvalue weighted by atomic mass is 19.4. The maximum absolute atomic E-state index is 14.1. The van der Waals surface area contributed by atoms with Crippen LogP contribution in [-0.4, -0.2) is 252 Å². The number of unbranched alkanes of at least 4 members (excludes halogenated alkanes) is 2. The number of likely N-dealkylation sites (N-methyl/N-ethyl adjacent to an activating group) is 2. The molecule has 6 rings (SSSR count). The smallest absolute Gasteiger partial charge is 0.480 e. The van der Waals surface area contributed by atoms with E-state index in [1.807, 2.05) is 149 Å². The molecule has 0 aromatic heterocycles. The van der Waals surface area contributed by atoms with Gasteiger partial charge in [0, 0.05) is 98.6 Å². The molecule has 11 amide bonds. The van der Waals surface area contributed by atoms with E-state index in [1.165, 1.54) is 28.8 Å². The molecule has 0 saturated carbocycles. The van der Waals surface area contributed by atoms with Crippen LogP contribution < -0.4 is 54.4 Å². The number of nitrogens with two attached hydrogens (primary N) is 3. The minimum atomic E-state index is -5.08. The predicted molar refractivity (Wildman–Crippen MR) is 476 cm³/mol. The molecule has 2 fully saturated rings. The van der Waals surface area contributed by atoms with Crippen molar-refractivity contribution in [3.8, 4) is 0 Å². The normalized spacial score (nSPS) is 14.8. The Balaban J connectivity index is 0.000000536. The fourth-order valence-electron chi connectivity index (χ4n) is 13.5. The van der Waals surface area contributed by atoms with Crippen molar-refractivity contribution in [3.05, 3.63) is 144 Å². The highest BCUT2D eigenvalue weighted by molar-refractivity contribution is 6.35. The molecule has 0 spiro atoms. The zero-order chi connectivity index (χ0) is 96.2. The monoisotopic (exact) mass is 1800 g/mol. The van der Waals surface area contributed by atoms with Crippen molar-refractivity contribution < 1.29 is 105 Å². The van der Waals surface area contributed by atoms with Crippen LogP contribution in [0.1, 0.15) is 181 Å². The minimum Gasteiger partial charge on any atom is -0.480 e. The van der Waals surface area contributed by atoms with Gasteiger partial charge < -0.3 is 93.7 Å². The van der Waals surface area contributed by atoms with Gasteiger partial charge in [-0.3, -0.25) is 52.7 Å². The van der Waals surface area contributed by atoms with E-state index in [4.69, 9.17) is 36.6 Å². The van der Waals surface area contributed by atoms with Gasteiger partial charge in [-0.15, -0.1) is 0 Å². The highest BCUT2D eigenvalue weighted by Crippen LogP contribution is 2.25. The molecule has 36 heteroatoms. The average Bonchev–Trinajstić information content (AvgIpc) is 0.864. The number of benzene rings is 4. The average molecular weight is 1800 g/mol. The summed E-state index contributed by atoms with van der Waals surface area (Å²) in [6.07, 6.45) is 0.220. The predicted octanol–water partition coefficient (Wildman–Crippen LogP) is 7.11. The van der Waals surface area contributed by atoms with E-state index in [0.717, 1.165) is 35.1 Å². The molecule has 2 heterocycles. The van der Waals surface area contributed by atoms with Crippen molar-refractivity contribution in [2.45, 2.75) is 251 Å². The summed E-state index contributed by atoms with van der Waals surface area (Å²) in [5, 5.41) is 36.4. The van der Waals surface area contributed by atoms with Crippen molar-refractivity contribution in [1.29, 1.82) is 0 Å². The summed E-state index contributed by atoms with van der Waals surface area (Å²) >= 11 is 0. The van der Waals surface area contributed by atoms with Gasteiger partial charge in [-0.1, -0.05) is 149 Å². The number of alkyl carbamates (subject to hydrolysis) is 2. The fraction of sp³-hybridized carbons (Fsp3) is 0.576. The molecule has 0 unspecified atom stereocenters. The second-order valence-corrected chi connectivity index (χ2v) is 35.3. The van der Waals surface area contributed by atoms with Crippen molar-refractivity contribution in [2.24, 2.45) is 40.9 Å². The molecule has 0 aliphatic carbocycles. The molecular weight excluding hydrogens is 1660 g/mol. The Bertz CT molecular complexity index is 4180. The summed E-state index contributed by atoms with van der Waals surface area (Å²) in [6.45, 7) is 20.7. The molecule has 2 saturated heterocycles. The Morgan fingerprint density at radius 2 is 0.828 bits per heavy atom. The molecular formula is C92H137F3N14O19. The SMILES string of the molecule is CC(C)C[C@@H](CC(=O)[C@@H](Cc1ccccc1)NC(=O)[C@@H](Cc1ccccc1)NC(=O)OC(C)(C)C)C(=O)N[C@H](CCCCNC(=O)OC(C)(C)C)C(=O)O.CC(C)C[C@@H](NC(=O)[C@@H](Cc1ccccc1)NC(=O)[C@H](N)Cc1ccccc1)C(=O)N[C@H](CCCCN)C(=O)CC1CCN(C(=O)C(=O)N(C)C)CC1.CN(C)C(=O)C(=O)N1CCC(N)CC1.O=C(O)C(F)(F)F. The number of alkyl halides is 3. The van der Waals surface area contributed by atoms with E-state index in [2.05, 4.69) is 37.2 Å². The maximum Gasteiger partial charge on any atom is 0.490 e. The number of carbonyl (C=O) groups is 15. The van der Waals surface area contributed by atoms with E-state index >= 15 is 0 Å². The summed E-state index contributed by atoms with van der Waals surface area (Å²) < 4.78 is 42.4. The Labute approximate surface area is 749 Å². The Hall–Kier alpha value is -11.4. The quantitative estimate of drug-likeness (QED) is 0.0156. The van der Waals surface area contributed by atoms with Gasteiger partial charge in [0.05, 0.1) is 18.1 Å². The van der Waals surface area contributed by atoms with Gasteiger partial charge in [-0.25, -0.2) is 19.2 Å². The number of carbonyl (C=O) groups excluding carboxylic acids is 13. The van der Waals surface area contributed by atoms with Crippen LogP contribution in [0.25, 0.3) is 0 Å². The van der Waals surface area contributed by atoms with Crippen LogP contribution >= 0.6 is 0 Å². The number of halogens is 3. The molecule has 33 nitrogen and oxygen atoms in total. The zero-order valence-corrected chi connectivity index (χ0v) is 76.4. The third-order valence-corrected chi connectivity index (χ3v) is 20.2. The Morgan fingerprint density at radius 3 is 1.24 bits per heavy atom. The molecule has 128 heavy (non-hydrogen) atoms. The lowest BCUT2D eigenvalue weighted by Crippen LogP contribution is -2.58. The second-order valence-electron chi connectivity index (χ2n) is 35.3. The number of amides is 11. The van der Waals surface area contributed by atoms with Gasteiger partial charge in [-0.05, 0) is 178 Å². The number of likely N-dealkylation sites (tertiary alicyclic amines) is 2. The molecule has 0 radical (unpaired) electrons. The van der Waals surface area contributed by atoms with Crippen LogP contribution in [0.2, 0.25) is 0 Å². The summed E-state index contributed by atoms with van der Waals surface area (Å²) in [5.74, 6) is -10.0. The number of Topliss-reactive ketones (excluding diaryl/α,β-unsaturated/α-hetero) is 2. The Kier molecular flexibility index (Phi) is 48.5. The molecule has 15 N–H and O–H groups in total. The summed E-state index contributed by atoms with van der Waals surface area (Å²) in [6, 6.07) is 30.0. The van der Waals surface area contributed by atoms with Crippen molar-refractivity contribution in [1.82, 2.24) is 56.8 Å². The lowest BCUT2D eigenvalue weighted by molar-refractivity contribution is -0.192. The standard InChI is InChI=1S/C41H60N4O9.C40H59N7O6.C9H17N3O2.C2HF3O2/c1-27(2)23-30(35(47)43-31(37(49)50)21-15-16-22-42-38(51)53-40(3,4)5)26-34(46)32(24-28-17-11-9-12-18-28)44-36(48)33(25-29-19-13-10-14-20-29)45-39(52)54-41(6,7)8;1-27(2)23-33(45-38(51)34(25-29-15-9-6-10-16-29)44-36(49)31(42)24-28-13-7-5-8-14-28)37(50)43-32(17-11-12-20-41)35(48)26-30-18-21-47(22-19-30)40(53)39(52)46(3)4;1-11(2)8(13)9(14)12-5-3-7(10)4-6-12;3-2(4,5)1(6)7/h9-14,17-20,27,30-33H,15-16,21-26H2,1-8H3,(H,42,51)(H,43,47)(H,44,48)(H,45,52)(H,49,50);5-10,13-16,27,30-34H,11-12,17-26,41-42H2,1-4H3,(H,43,50)(H,44,49)(H,45,51);7H,3-6,10H2,1-2H3;(H,6,7)/t30-,31+,32+,33+;31-,32-,33-,34-;;/m01../s1. The lowest BCUT2D eigenvalue weighted by atomic mass is 9.88. The van der Waals surface area contributed by atoms with Crippen molar-refractivity contribution >= 4 is 88.9 Å². The van der Waals surface area contributed by atoms with E-state index in [1.54, 1.807) is 60.5 Å². The molecule has 4 aromatic carbocycles. The first-order valence-electron chi connectivity index (χ1n) is 43.4. The maximum atomic E-state index is 14.1. The van der Waals surface area contributed by atoms with Crippen LogP contribution in [-0.2, 0) is 97.5 Å². The number of ether oxygens (including phenoxy) is 2. The van der Waals surface area contributed by atoms with E-state index in [-0.39, 0.29) is 81.1 Å². The van der Waals surface area contributed by atoms with E-state index in [9.17, 15) is 85.4 Å². The number of nitrogens with one attached hydrogen (secondary N) is 7. The summed E-state index contributed by atoms with van der Waals surface area (Å²) in [5.41, 5.74) is 19.5. The molecule has 2 aliphatic rings. The highest BCUT2D eigenvalue weighted by Gasteiger charge is 2.40. The third kappa shape index (κ3) is 44.8. The number of ketones is 2. The molecule has 8 atom stereocenters. The number of piperidine rings is 2. The van der Waals surface area contributed by atoms with Crippen LogP contribution in [0.15, 0.2) is 121 Å². The van der Waals surface area contributed by atoms with Crippen LogP contribution in [0.5, 0.6) is 0 Å². The molecule has 0 bridgehead atoms. The van der Waals surface area contributed by atoms with Crippen LogP contribution in [0.4, 0.5) is 22.8 Å². The van der Waals surface area contributed by atoms with Gasteiger partial charge in [0.2, 0.25) is 29.5 Å². The first-order valence-corrected chi connectivity index (χ1v) is 43.4. The number of rotatable bonds is 39. The fourth-order valence-corrected chi connectivity index (χ4v) is 13.5. The number of carboxylic acid groups (broad SMARTS) is 2. The number of carboxylic acids is 2. The summed E-state index contributed by atoms with van der Waals surface area (Å²) in [7, 11) is 6.23. The van der Waals surface area contributed by atoms with Crippen molar-refractivity contribution in [3.63, 3.8) is 0 Å². The van der Waals surface area contributed by atoms with Crippen molar-refractivity contribution in [2.75, 3.05) is 67.5 Å². The minimum absolute atomic E-state index is 0.00306. The Morgan fingerprint density at radius 1 is 0.461 bits per heavy atom. The van der Waals surface area contributed by atoms with Gasteiger partial charge in [0.25, 0.3) is 0 Å². The second kappa shape index (κ2) is 56.0. The summed E-state index contributed by atoms with van der Waals surface area (Å²) in [4.78, 5) is 195. The number of nitrogens with zero attached hydrogens (tertiary/aromatic N) is 4. The zero-order valence-electron chi connectivity index (χ0n) is 76.4. The first-order chi connectivity index (χ1) is 60.0.